The Bertz CT molecular complexity index is 1380. The van der Waals surface area contributed by atoms with Crippen LogP contribution >= 0.6 is 0 Å². The zero-order valence-electron chi connectivity index (χ0n) is 18.1. The number of carbonyl (C=O) groups excluding carboxylic acids is 1. The van der Waals surface area contributed by atoms with Gasteiger partial charge in [0.25, 0.3) is 5.56 Å². The fourth-order valence-electron chi connectivity index (χ4n) is 4.19. The first-order chi connectivity index (χ1) is 16.2. The normalized spacial score (nSPS) is 16.1. The van der Waals surface area contributed by atoms with Crippen molar-refractivity contribution in [2.75, 3.05) is 13.2 Å². The molecular formula is C26H24N4O3. The molecule has 33 heavy (non-hydrogen) atoms. The summed E-state index contributed by atoms with van der Waals surface area (Å²) in [7, 11) is 0. The number of hydrogen-bond acceptors (Lipinski definition) is 5. The molecule has 0 bridgehead atoms. The zero-order valence-corrected chi connectivity index (χ0v) is 18.1. The average Bonchev–Trinajstić information content (AvgIpc) is 3.35. The summed E-state index contributed by atoms with van der Waals surface area (Å²) in [5.74, 6) is 0.277. The molecular weight excluding hydrogens is 416 g/mol. The second-order valence-corrected chi connectivity index (χ2v) is 8.14. The summed E-state index contributed by atoms with van der Waals surface area (Å²) in [5, 5.41) is 1.54. The lowest BCUT2D eigenvalue weighted by Crippen LogP contribution is -2.36. The van der Waals surface area contributed by atoms with Gasteiger partial charge in [-0.15, -0.1) is 0 Å². The molecule has 1 saturated heterocycles. The summed E-state index contributed by atoms with van der Waals surface area (Å²) in [6, 6.07) is 16.9. The number of aromatic nitrogens is 3. The molecule has 7 heteroatoms. The maximum Gasteiger partial charge on any atom is 0.258 e. The molecule has 5 rings (SSSR count). The van der Waals surface area contributed by atoms with Crippen LogP contribution in [-0.2, 0) is 16.1 Å². The lowest BCUT2D eigenvalue weighted by Gasteiger charge is -2.24. The predicted octanol–water partition coefficient (Wildman–Crippen LogP) is 3.69. The molecule has 0 unspecified atom stereocenters. The fraction of sp³-hybridized carbons (Fsp3) is 0.231. The Morgan fingerprint density at radius 2 is 2.03 bits per heavy atom. The highest BCUT2D eigenvalue weighted by Gasteiger charge is 2.22. The minimum Gasteiger partial charge on any atom is -0.376 e. The topological polar surface area (TPSA) is 88.2 Å². The van der Waals surface area contributed by atoms with Crippen LogP contribution in [0.4, 0.5) is 0 Å². The summed E-state index contributed by atoms with van der Waals surface area (Å²) in [5.41, 5.74) is 2.11. The van der Waals surface area contributed by atoms with Gasteiger partial charge in [-0.1, -0.05) is 36.4 Å². The minimum absolute atomic E-state index is 0.0197. The van der Waals surface area contributed by atoms with E-state index in [0.29, 0.717) is 29.9 Å². The van der Waals surface area contributed by atoms with E-state index in [4.69, 9.17) is 4.74 Å². The van der Waals surface area contributed by atoms with Crippen molar-refractivity contribution in [3.8, 4) is 0 Å². The molecule has 0 aliphatic carbocycles. The third-order valence-corrected chi connectivity index (χ3v) is 5.83. The quantitative estimate of drug-likeness (QED) is 0.462. The Labute approximate surface area is 190 Å². The number of rotatable bonds is 6. The van der Waals surface area contributed by atoms with Crippen molar-refractivity contribution in [3.63, 3.8) is 0 Å². The van der Waals surface area contributed by atoms with Crippen LogP contribution in [0.25, 0.3) is 27.9 Å². The molecule has 4 aromatic rings. The smallest absolute Gasteiger partial charge is 0.258 e. The van der Waals surface area contributed by atoms with Gasteiger partial charge in [-0.05, 0) is 37.1 Å². The molecule has 3 heterocycles. The first kappa shape index (κ1) is 21.0. The fourth-order valence-corrected chi connectivity index (χ4v) is 4.19. The van der Waals surface area contributed by atoms with E-state index in [-0.39, 0.29) is 24.1 Å². The molecule has 1 aliphatic heterocycles. The Morgan fingerprint density at radius 3 is 2.91 bits per heavy atom. The van der Waals surface area contributed by atoms with Crippen molar-refractivity contribution >= 4 is 33.8 Å². The summed E-state index contributed by atoms with van der Waals surface area (Å²) < 4.78 is 5.77. The molecule has 2 aromatic heterocycles. The number of nitrogens with zero attached hydrogens (tertiary/aromatic N) is 3. The highest BCUT2D eigenvalue weighted by molar-refractivity contribution is 5.95. The summed E-state index contributed by atoms with van der Waals surface area (Å²) >= 11 is 0. The number of hydrogen-bond donors (Lipinski definition) is 1. The Kier molecular flexibility index (Phi) is 5.95. The van der Waals surface area contributed by atoms with Crippen LogP contribution in [0.3, 0.4) is 0 Å². The van der Waals surface area contributed by atoms with Gasteiger partial charge in [0.05, 0.1) is 29.1 Å². The zero-order chi connectivity index (χ0) is 22.6. The number of H-pyrrole nitrogens is 1. The molecule has 1 amide bonds. The van der Waals surface area contributed by atoms with Crippen LogP contribution in [0.1, 0.15) is 24.2 Å². The van der Waals surface area contributed by atoms with Gasteiger partial charge in [-0.3, -0.25) is 14.6 Å². The summed E-state index contributed by atoms with van der Waals surface area (Å²) in [6.07, 6.45) is 6.95. The van der Waals surface area contributed by atoms with Crippen molar-refractivity contribution in [2.24, 2.45) is 0 Å². The summed E-state index contributed by atoms with van der Waals surface area (Å²) in [6.45, 7) is 1.33. The molecule has 0 spiro atoms. The van der Waals surface area contributed by atoms with Crippen molar-refractivity contribution in [1.82, 2.24) is 19.9 Å². The largest absolute Gasteiger partial charge is 0.376 e. The van der Waals surface area contributed by atoms with Crippen LogP contribution in [0.2, 0.25) is 0 Å². The molecule has 2 aromatic carbocycles. The van der Waals surface area contributed by atoms with Gasteiger partial charge in [0.15, 0.2) is 0 Å². The van der Waals surface area contributed by atoms with Crippen molar-refractivity contribution in [2.45, 2.75) is 25.5 Å². The van der Waals surface area contributed by atoms with Gasteiger partial charge in [-0.2, -0.15) is 0 Å². The molecule has 1 atom stereocenters. The molecule has 166 valence electrons. The number of carbonyl (C=O) groups is 1. The van der Waals surface area contributed by atoms with Gasteiger partial charge in [-0.25, -0.2) is 4.98 Å². The van der Waals surface area contributed by atoms with Crippen molar-refractivity contribution in [1.29, 1.82) is 0 Å². The van der Waals surface area contributed by atoms with E-state index in [2.05, 4.69) is 15.0 Å². The van der Waals surface area contributed by atoms with Crippen molar-refractivity contribution in [3.05, 3.63) is 88.6 Å². The van der Waals surface area contributed by atoms with Gasteiger partial charge in [0, 0.05) is 36.4 Å². The second kappa shape index (κ2) is 9.34. The van der Waals surface area contributed by atoms with E-state index in [1.807, 2.05) is 36.4 Å². The number of ether oxygens (including phenoxy) is 1. The van der Waals surface area contributed by atoms with E-state index in [1.165, 1.54) is 0 Å². The van der Waals surface area contributed by atoms with Crippen molar-refractivity contribution < 1.29 is 9.53 Å². The van der Waals surface area contributed by atoms with Crippen LogP contribution in [0, 0.1) is 0 Å². The molecule has 1 N–H and O–H groups in total. The molecule has 7 nitrogen and oxygen atoms in total. The second-order valence-electron chi connectivity index (χ2n) is 8.14. The predicted molar refractivity (Wildman–Crippen MR) is 128 cm³/mol. The Morgan fingerprint density at radius 1 is 1.15 bits per heavy atom. The van der Waals surface area contributed by atoms with E-state index in [0.717, 1.165) is 29.3 Å². The monoisotopic (exact) mass is 440 g/mol. The van der Waals surface area contributed by atoms with E-state index < -0.39 is 0 Å². The highest BCUT2D eigenvalue weighted by Crippen LogP contribution is 2.19. The first-order valence-corrected chi connectivity index (χ1v) is 11.1. The average molecular weight is 441 g/mol. The maximum atomic E-state index is 13.2. The van der Waals surface area contributed by atoms with Crippen LogP contribution in [0.15, 0.2) is 71.7 Å². The first-order valence-electron chi connectivity index (χ1n) is 11.1. The lowest BCUT2D eigenvalue weighted by molar-refractivity contribution is -0.128. The Balaban J connectivity index is 1.42. The van der Waals surface area contributed by atoms with E-state index in [1.54, 1.807) is 41.4 Å². The molecule has 0 radical (unpaired) electrons. The molecule has 0 saturated carbocycles. The number of nitrogens with one attached hydrogen (secondary N) is 1. The number of benzene rings is 2. The standard InChI is InChI=1S/C26H24N4O3/c31-24(13-12-19-7-3-6-18-8-4-14-27-25(18)19)30(16-20-9-5-15-33-20)17-23-28-22-11-2-1-10-21(22)26(32)29-23/h1-4,6-8,10-14,20H,5,9,15-17H2,(H,28,29,32)/b13-12+/t20-/m1/s1. The summed E-state index contributed by atoms with van der Waals surface area (Å²) in [4.78, 5) is 39.2. The number of para-hydroxylation sites is 2. The Hall–Kier alpha value is -3.84. The number of amides is 1. The number of aromatic amines is 1. The van der Waals surface area contributed by atoms with Gasteiger partial charge >= 0.3 is 0 Å². The molecule has 1 aliphatic rings. The third kappa shape index (κ3) is 4.68. The SMILES string of the molecule is O=C(/C=C/c1cccc2cccnc12)N(Cc1nc2ccccc2c(=O)[nH]1)C[C@H]1CCCO1. The van der Waals surface area contributed by atoms with E-state index >= 15 is 0 Å². The van der Waals surface area contributed by atoms with E-state index in [9.17, 15) is 9.59 Å². The minimum atomic E-state index is -0.211. The van der Waals surface area contributed by atoms with Gasteiger partial charge in [0.1, 0.15) is 5.82 Å². The van der Waals surface area contributed by atoms with Crippen LogP contribution in [-0.4, -0.2) is 45.0 Å². The highest BCUT2D eigenvalue weighted by atomic mass is 16.5. The third-order valence-electron chi connectivity index (χ3n) is 5.83. The molecule has 1 fully saturated rings. The van der Waals surface area contributed by atoms with Crippen LogP contribution < -0.4 is 5.56 Å². The van der Waals surface area contributed by atoms with Crippen LogP contribution in [0.5, 0.6) is 0 Å². The van der Waals surface area contributed by atoms with Gasteiger partial charge < -0.3 is 14.6 Å². The number of fused-ring (bicyclic) bond motifs is 2. The van der Waals surface area contributed by atoms with Gasteiger partial charge in [0.2, 0.25) is 5.91 Å². The number of pyridine rings is 1. The maximum absolute atomic E-state index is 13.2. The lowest BCUT2D eigenvalue weighted by atomic mass is 10.1.